The second kappa shape index (κ2) is 6.53. The number of pyridine rings is 1. The zero-order valence-electron chi connectivity index (χ0n) is 9.97. The summed E-state index contributed by atoms with van der Waals surface area (Å²) in [6, 6.07) is 3.32. The number of nitrogens with zero attached hydrogens (tertiary/aromatic N) is 2. The van der Waals surface area contributed by atoms with Crippen molar-refractivity contribution in [1.29, 1.82) is 0 Å². The van der Waals surface area contributed by atoms with Gasteiger partial charge in [0.15, 0.2) is 0 Å². The average Bonchev–Trinajstić information content (AvgIpc) is 2.77. The first-order valence-electron chi connectivity index (χ1n) is 5.73. The van der Waals surface area contributed by atoms with Gasteiger partial charge >= 0.3 is 0 Å². The van der Waals surface area contributed by atoms with Gasteiger partial charge in [0, 0.05) is 12.7 Å². The number of nitrogens with one attached hydrogen (secondary N) is 1. The van der Waals surface area contributed by atoms with Crippen molar-refractivity contribution in [3.63, 3.8) is 0 Å². The molecule has 0 amide bonds. The van der Waals surface area contributed by atoms with Crippen LogP contribution in [0, 0.1) is 0 Å². The van der Waals surface area contributed by atoms with Crippen LogP contribution in [0.3, 0.4) is 0 Å². The molecule has 0 aromatic carbocycles. The lowest BCUT2D eigenvalue weighted by atomic mass is 10.2. The van der Waals surface area contributed by atoms with Gasteiger partial charge in [-0.15, -0.1) is 0 Å². The number of aromatic nitrogens is 1. The molecule has 0 spiro atoms. The van der Waals surface area contributed by atoms with E-state index in [2.05, 4.69) is 10.3 Å². The van der Waals surface area contributed by atoms with Crippen LogP contribution in [0.15, 0.2) is 18.3 Å². The van der Waals surface area contributed by atoms with Gasteiger partial charge in [-0.05, 0) is 11.6 Å². The SMILES string of the molecule is OC1NC(N(Cc2ccc(Cl)nc2)CC(F)F)CO1. The van der Waals surface area contributed by atoms with Crippen molar-refractivity contribution in [2.24, 2.45) is 0 Å². The molecule has 1 saturated heterocycles. The highest BCUT2D eigenvalue weighted by Gasteiger charge is 2.29. The molecule has 2 heterocycles. The van der Waals surface area contributed by atoms with Crippen molar-refractivity contribution >= 4 is 11.6 Å². The minimum absolute atomic E-state index is 0.148. The highest BCUT2D eigenvalue weighted by molar-refractivity contribution is 6.29. The Bertz CT molecular complexity index is 407. The van der Waals surface area contributed by atoms with Gasteiger partial charge < -0.3 is 9.84 Å². The van der Waals surface area contributed by atoms with E-state index in [1.807, 2.05) is 0 Å². The predicted molar refractivity (Wildman–Crippen MR) is 64.5 cm³/mol. The van der Waals surface area contributed by atoms with Crippen LogP contribution in [0.25, 0.3) is 0 Å². The smallest absolute Gasteiger partial charge is 0.251 e. The van der Waals surface area contributed by atoms with Crippen LogP contribution in [-0.4, -0.2) is 47.1 Å². The molecule has 2 N–H and O–H groups in total. The molecule has 106 valence electrons. The van der Waals surface area contributed by atoms with Crippen molar-refractivity contribution in [3.05, 3.63) is 29.0 Å². The molecule has 1 aromatic heterocycles. The largest absolute Gasteiger partial charge is 0.356 e. The lowest BCUT2D eigenvalue weighted by molar-refractivity contribution is -0.0719. The number of alkyl halides is 2. The number of rotatable bonds is 5. The van der Waals surface area contributed by atoms with Crippen molar-refractivity contribution in [1.82, 2.24) is 15.2 Å². The lowest BCUT2D eigenvalue weighted by Crippen LogP contribution is -2.47. The molecule has 1 fully saturated rings. The maximum atomic E-state index is 12.6. The topological polar surface area (TPSA) is 57.6 Å². The molecule has 19 heavy (non-hydrogen) atoms. The van der Waals surface area contributed by atoms with Crippen LogP contribution in [0.5, 0.6) is 0 Å². The Hall–Kier alpha value is -0.860. The molecule has 1 aliphatic heterocycles. The molecule has 0 bridgehead atoms. The first kappa shape index (κ1) is 14.5. The zero-order valence-corrected chi connectivity index (χ0v) is 10.7. The summed E-state index contributed by atoms with van der Waals surface area (Å²) < 4.78 is 30.1. The van der Waals surface area contributed by atoms with E-state index in [4.69, 9.17) is 16.3 Å². The summed E-state index contributed by atoms with van der Waals surface area (Å²) >= 11 is 5.67. The molecule has 1 aliphatic rings. The van der Waals surface area contributed by atoms with Crippen LogP contribution < -0.4 is 5.32 Å². The minimum Gasteiger partial charge on any atom is -0.356 e. The monoisotopic (exact) mass is 293 g/mol. The molecular formula is C11H14ClF2N3O2. The maximum absolute atomic E-state index is 12.6. The summed E-state index contributed by atoms with van der Waals surface area (Å²) in [7, 11) is 0. The molecular weight excluding hydrogens is 280 g/mol. The fraction of sp³-hybridized carbons (Fsp3) is 0.545. The van der Waals surface area contributed by atoms with E-state index < -0.39 is 25.5 Å². The third-order valence-electron chi connectivity index (χ3n) is 2.73. The van der Waals surface area contributed by atoms with Crippen LogP contribution in [0.2, 0.25) is 5.15 Å². The summed E-state index contributed by atoms with van der Waals surface area (Å²) in [6.07, 6.45) is -2.51. The van der Waals surface area contributed by atoms with Crippen LogP contribution >= 0.6 is 11.6 Å². The summed E-state index contributed by atoms with van der Waals surface area (Å²) in [5.41, 5.74) is 0.758. The molecule has 0 aliphatic carbocycles. The van der Waals surface area contributed by atoms with Gasteiger partial charge in [0.1, 0.15) is 5.15 Å². The summed E-state index contributed by atoms with van der Waals surface area (Å²) in [5.74, 6) is 0. The third-order valence-corrected chi connectivity index (χ3v) is 2.96. The van der Waals surface area contributed by atoms with Gasteiger partial charge in [-0.25, -0.2) is 13.8 Å². The standard InChI is InChI=1S/C11H14ClF2N3O2/c12-8-2-1-7(3-15-8)4-17(5-9(13)14)10-6-19-11(18)16-10/h1-3,9-11,16,18H,4-6H2. The first-order chi connectivity index (χ1) is 9.04. The van der Waals surface area contributed by atoms with Gasteiger partial charge in [-0.2, -0.15) is 0 Å². The molecule has 1 aromatic rings. The summed E-state index contributed by atoms with van der Waals surface area (Å²) in [4.78, 5) is 5.39. The second-order valence-electron chi connectivity index (χ2n) is 4.18. The van der Waals surface area contributed by atoms with Crippen LogP contribution in [0.1, 0.15) is 5.56 Å². The number of halogens is 3. The van der Waals surface area contributed by atoms with E-state index >= 15 is 0 Å². The van der Waals surface area contributed by atoms with Gasteiger partial charge in [0.25, 0.3) is 6.43 Å². The molecule has 2 atom stereocenters. The number of hydrogen-bond donors (Lipinski definition) is 2. The highest BCUT2D eigenvalue weighted by atomic mass is 35.5. The maximum Gasteiger partial charge on any atom is 0.251 e. The number of aliphatic hydroxyl groups excluding tert-OH is 1. The van der Waals surface area contributed by atoms with E-state index in [1.54, 1.807) is 12.1 Å². The predicted octanol–water partition coefficient (Wildman–Crippen LogP) is 1.02. The Balaban J connectivity index is 2.02. The molecule has 8 heteroatoms. The number of aliphatic hydroxyl groups is 1. The first-order valence-corrected chi connectivity index (χ1v) is 6.11. The summed E-state index contributed by atoms with van der Waals surface area (Å²) in [5, 5.41) is 12.2. The summed E-state index contributed by atoms with van der Waals surface area (Å²) in [6.45, 7) is -0.00642. The van der Waals surface area contributed by atoms with E-state index in [-0.39, 0.29) is 13.2 Å². The van der Waals surface area contributed by atoms with Gasteiger partial charge in [-0.3, -0.25) is 10.2 Å². The normalized spacial score (nSPS) is 23.5. The molecule has 0 radical (unpaired) electrons. The molecule has 2 rings (SSSR count). The Labute approximate surface area is 114 Å². The van der Waals surface area contributed by atoms with Crippen molar-refractivity contribution < 1.29 is 18.6 Å². The zero-order chi connectivity index (χ0) is 13.8. The number of hydrogen-bond acceptors (Lipinski definition) is 5. The Kier molecular flexibility index (Phi) is 5.00. The lowest BCUT2D eigenvalue weighted by Gasteiger charge is -2.27. The van der Waals surface area contributed by atoms with Crippen LogP contribution in [-0.2, 0) is 11.3 Å². The highest BCUT2D eigenvalue weighted by Crippen LogP contribution is 2.14. The second-order valence-corrected chi connectivity index (χ2v) is 4.57. The fourth-order valence-electron chi connectivity index (χ4n) is 1.87. The minimum atomic E-state index is -2.47. The van der Waals surface area contributed by atoms with Gasteiger partial charge in [0.05, 0.1) is 19.3 Å². The fourth-order valence-corrected chi connectivity index (χ4v) is 1.98. The van der Waals surface area contributed by atoms with Crippen molar-refractivity contribution in [3.8, 4) is 0 Å². The van der Waals surface area contributed by atoms with E-state index in [0.29, 0.717) is 5.15 Å². The van der Waals surface area contributed by atoms with Crippen molar-refractivity contribution in [2.45, 2.75) is 25.5 Å². The van der Waals surface area contributed by atoms with E-state index in [1.165, 1.54) is 11.1 Å². The number of ether oxygens (including phenoxy) is 1. The third kappa shape index (κ3) is 4.32. The Morgan fingerprint density at radius 2 is 2.37 bits per heavy atom. The molecule has 5 nitrogen and oxygen atoms in total. The Morgan fingerprint density at radius 3 is 2.89 bits per heavy atom. The molecule has 0 saturated carbocycles. The Morgan fingerprint density at radius 1 is 1.58 bits per heavy atom. The van der Waals surface area contributed by atoms with E-state index in [0.717, 1.165) is 5.56 Å². The van der Waals surface area contributed by atoms with Crippen LogP contribution in [0.4, 0.5) is 8.78 Å². The average molecular weight is 294 g/mol. The quantitative estimate of drug-likeness (QED) is 0.794. The van der Waals surface area contributed by atoms with E-state index in [9.17, 15) is 13.9 Å². The van der Waals surface area contributed by atoms with Gasteiger partial charge in [-0.1, -0.05) is 17.7 Å². The van der Waals surface area contributed by atoms with Gasteiger partial charge in [0.2, 0.25) is 6.41 Å². The van der Waals surface area contributed by atoms with Crippen molar-refractivity contribution in [2.75, 3.05) is 13.2 Å². The molecule has 2 unspecified atom stereocenters.